The molecule has 0 aromatic heterocycles. The second kappa shape index (κ2) is 21.6. The lowest BCUT2D eigenvalue weighted by molar-refractivity contribution is -0.137. The molecule has 0 spiro atoms. The van der Waals surface area contributed by atoms with Gasteiger partial charge in [0.25, 0.3) is 15.7 Å². The molecule has 9 nitrogen and oxygen atoms in total. The van der Waals surface area contributed by atoms with Gasteiger partial charge in [-0.3, -0.25) is 9.52 Å². The molecule has 1 heterocycles. The fraction of sp³-hybridized carbons (Fsp3) is 0.340. The van der Waals surface area contributed by atoms with Crippen LogP contribution in [0.1, 0.15) is 47.7 Å². The maximum atomic E-state index is 14.1. The van der Waals surface area contributed by atoms with Gasteiger partial charge in [0.2, 0.25) is 0 Å². The van der Waals surface area contributed by atoms with Crippen molar-refractivity contribution in [1.29, 1.82) is 0 Å². The van der Waals surface area contributed by atoms with Gasteiger partial charge in [0.05, 0.1) is 22.8 Å². The molecule has 2 unspecified atom stereocenters. The molecule has 5 aromatic carbocycles. The highest BCUT2D eigenvalue weighted by Crippen LogP contribution is 2.38. The molecular weight excluding hydrogens is 911 g/mol. The highest BCUT2D eigenvalue weighted by molar-refractivity contribution is 8.00. The van der Waals surface area contributed by atoms with Crippen LogP contribution >= 0.6 is 11.8 Å². The van der Waals surface area contributed by atoms with Crippen LogP contribution < -0.4 is 14.9 Å². The van der Waals surface area contributed by atoms with Gasteiger partial charge in [-0.2, -0.15) is 26.3 Å². The topological polar surface area (TPSA) is 119 Å². The maximum absolute atomic E-state index is 14.1. The van der Waals surface area contributed by atoms with E-state index in [1.165, 1.54) is 42.1 Å². The van der Waals surface area contributed by atoms with Crippen molar-refractivity contribution in [3.05, 3.63) is 138 Å². The predicted octanol–water partition coefficient (Wildman–Crippen LogP) is 9.85. The minimum atomic E-state index is -5.96. The second-order valence-corrected chi connectivity index (χ2v) is 20.5. The summed E-state index contributed by atoms with van der Waals surface area (Å²) in [7, 11) is -6.64. The minimum Gasteiger partial charge on any atom is -0.395 e. The Balaban J connectivity index is 1.11. The van der Waals surface area contributed by atoms with Crippen LogP contribution in [0, 0.1) is 5.92 Å². The highest BCUT2D eigenvalue weighted by Gasteiger charge is 2.48. The van der Waals surface area contributed by atoms with Gasteiger partial charge in [0.15, 0.2) is 11.0 Å². The Morgan fingerprint density at radius 2 is 1.52 bits per heavy atom. The van der Waals surface area contributed by atoms with Gasteiger partial charge in [-0.25, -0.2) is 12.6 Å². The third-order valence-electron chi connectivity index (χ3n) is 11.4. The quantitative estimate of drug-likeness (QED) is 0.0583. The SMILES string of the molecule is CC(Sc1ccccc1)[C@@H](CCN(C)CCO)Nc1ccc(S(=O)NC(=O)c2ccc(N3CCC(Cc4ccccc4-c4ccc(C(F)(F)F)cc4)CC3)cc2)cc1S(=O)(=O)C(F)(F)F. The number of aliphatic hydroxyl groups excluding tert-OH is 1. The summed E-state index contributed by atoms with van der Waals surface area (Å²) in [4.78, 5) is 16.7. The molecule has 1 aliphatic rings. The zero-order chi connectivity index (χ0) is 46.9. The van der Waals surface area contributed by atoms with Gasteiger partial charge >= 0.3 is 11.7 Å². The summed E-state index contributed by atoms with van der Waals surface area (Å²) in [6.07, 6.45) is -1.60. The number of carbonyl (C=O) groups is 1. The number of thioether (sulfide) groups is 1. The summed E-state index contributed by atoms with van der Waals surface area (Å²) in [5.41, 5.74) is -3.11. The maximum Gasteiger partial charge on any atom is 0.501 e. The van der Waals surface area contributed by atoms with Gasteiger partial charge in [-0.1, -0.05) is 61.5 Å². The molecular formula is C47H50F6N4O5S3. The molecule has 1 aliphatic heterocycles. The number of piperidine rings is 1. The molecule has 1 amide bonds. The Morgan fingerprint density at radius 3 is 2.15 bits per heavy atom. The molecule has 0 bridgehead atoms. The number of likely N-dealkylation sites (N-methyl/N-ethyl adjacent to an activating group) is 1. The van der Waals surface area contributed by atoms with Gasteiger partial charge in [0.1, 0.15) is 4.90 Å². The molecule has 1 fully saturated rings. The average molecular weight is 961 g/mol. The van der Waals surface area contributed by atoms with Gasteiger partial charge in [-0.05, 0) is 129 Å². The van der Waals surface area contributed by atoms with Crippen molar-refractivity contribution in [2.24, 2.45) is 5.92 Å². The lowest BCUT2D eigenvalue weighted by Crippen LogP contribution is -2.35. The van der Waals surface area contributed by atoms with E-state index in [-0.39, 0.29) is 28.0 Å². The number of anilines is 2. The van der Waals surface area contributed by atoms with Gasteiger partial charge in [0, 0.05) is 47.1 Å². The Bertz CT molecular complexity index is 2500. The number of nitrogens with one attached hydrogen (secondary N) is 2. The first-order valence-electron chi connectivity index (χ1n) is 20.9. The number of rotatable bonds is 18. The molecule has 3 atom stereocenters. The molecule has 65 heavy (non-hydrogen) atoms. The van der Waals surface area contributed by atoms with Crippen LogP contribution in [0.2, 0.25) is 0 Å². The number of carbonyl (C=O) groups excluding carboxylic acids is 1. The number of sulfone groups is 1. The molecule has 0 saturated carbocycles. The molecule has 1 saturated heterocycles. The second-order valence-electron chi connectivity index (χ2n) is 15.9. The van der Waals surface area contributed by atoms with Crippen LogP contribution in [-0.4, -0.2) is 85.2 Å². The summed E-state index contributed by atoms with van der Waals surface area (Å²) in [5, 5.41) is 12.1. The normalized spacial score (nSPS) is 15.4. The summed E-state index contributed by atoms with van der Waals surface area (Å²) in [6.45, 7) is 3.98. The van der Waals surface area contributed by atoms with E-state index in [0.717, 1.165) is 59.2 Å². The van der Waals surface area contributed by atoms with Crippen molar-refractivity contribution in [2.75, 3.05) is 50.1 Å². The highest BCUT2D eigenvalue weighted by atomic mass is 32.2. The van der Waals surface area contributed by atoms with E-state index >= 15 is 0 Å². The first-order chi connectivity index (χ1) is 30.8. The van der Waals surface area contributed by atoms with Crippen LogP contribution in [0.25, 0.3) is 11.1 Å². The van der Waals surface area contributed by atoms with Crippen molar-refractivity contribution in [1.82, 2.24) is 9.62 Å². The standard InChI is InChI=1S/C47H50F6N4O5S3/c1-32(63-39-9-4-3-5-10-39)42(24-25-56(2)28-29-58)54-43-21-20-40(31-44(43)65(61,62)47(51,52)53)64(60)55-45(59)35-14-18-38(19-15-35)57-26-22-33(23-27-57)30-36-8-6-7-11-41(36)34-12-16-37(17-13-34)46(48,49)50/h3-21,31-33,42,54,58H,22-30H2,1-2H3,(H,55,59)/t32?,42-,64?/m1/s1. The number of nitrogens with zero attached hydrogens (tertiary/aromatic N) is 2. The molecule has 0 aliphatic carbocycles. The van der Waals surface area contributed by atoms with E-state index in [2.05, 4.69) is 14.9 Å². The first kappa shape index (κ1) is 49.6. The number of hydrogen-bond acceptors (Lipinski definition) is 9. The van der Waals surface area contributed by atoms with E-state index in [4.69, 9.17) is 0 Å². The van der Waals surface area contributed by atoms with Crippen LogP contribution in [0.5, 0.6) is 0 Å². The first-order valence-corrected chi connectivity index (χ1v) is 24.4. The predicted molar refractivity (Wildman–Crippen MR) is 244 cm³/mol. The largest absolute Gasteiger partial charge is 0.501 e. The van der Waals surface area contributed by atoms with E-state index < -0.39 is 54.9 Å². The average Bonchev–Trinajstić information content (AvgIpc) is 3.28. The molecule has 348 valence electrons. The smallest absolute Gasteiger partial charge is 0.395 e. The third-order valence-corrected chi connectivity index (χ3v) is 15.2. The molecule has 0 radical (unpaired) electrons. The molecule has 18 heteroatoms. The van der Waals surface area contributed by atoms with Crippen LogP contribution in [-0.2, 0) is 33.4 Å². The minimum absolute atomic E-state index is 0.0998. The lowest BCUT2D eigenvalue weighted by atomic mass is 9.86. The molecule has 6 rings (SSSR count). The van der Waals surface area contributed by atoms with E-state index in [1.54, 1.807) is 19.2 Å². The van der Waals surface area contributed by atoms with Crippen LogP contribution in [0.3, 0.4) is 0 Å². The van der Waals surface area contributed by atoms with Crippen molar-refractivity contribution in [3.8, 4) is 11.1 Å². The van der Waals surface area contributed by atoms with E-state index in [1.807, 2.05) is 66.4 Å². The summed E-state index contributed by atoms with van der Waals surface area (Å²) in [5.74, 6) is -0.465. The van der Waals surface area contributed by atoms with Crippen molar-refractivity contribution in [3.63, 3.8) is 0 Å². The van der Waals surface area contributed by atoms with Gasteiger partial charge < -0.3 is 20.2 Å². The molecule has 3 N–H and O–H groups in total. The van der Waals surface area contributed by atoms with E-state index in [0.29, 0.717) is 50.1 Å². The zero-order valence-electron chi connectivity index (χ0n) is 35.6. The monoisotopic (exact) mass is 960 g/mol. The number of aliphatic hydroxyl groups is 1. The number of alkyl halides is 6. The number of amides is 1. The number of benzene rings is 5. The van der Waals surface area contributed by atoms with Gasteiger partial charge in [-0.15, -0.1) is 11.8 Å². The third kappa shape index (κ3) is 12.9. The van der Waals surface area contributed by atoms with Crippen molar-refractivity contribution < 1.29 is 48.9 Å². The number of hydrogen-bond donors (Lipinski definition) is 3. The van der Waals surface area contributed by atoms with Crippen molar-refractivity contribution in [2.45, 2.75) is 70.3 Å². The summed E-state index contributed by atoms with van der Waals surface area (Å²) >= 11 is 1.45. The Kier molecular flexibility index (Phi) is 16.5. The van der Waals surface area contributed by atoms with Crippen LogP contribution in [0.4, 0.5) is 37.7 Å². The Morgan fingerprint density at radius 1 is 0.877 bits per heavy atom. The zero-order valence-corrected chi connectivity index (χ0v) is 38.1. The summed E-state index contributed by atoms with van der Waals surface area (Å²) in [6, 6.07) is 31.2. The fourth-order valence-corrected chi connectivity index (χ4v) is 10.7. The Hall–Kier alpha value is -4.88. The van der Waals surface area contributed by atoms with E-state index in [9.17, 15) is 48.9 Å². The Labute approximate surface area is 382 Å². The lowest BCUT2D eigenvalue weighted by Gasteiger charge is -2.34. The number of halogens is 6. The molecule has 5 aromatic rings. The summed E-state index contributed by atoms with van der Waals surface area (Å²) < 4.78 is 124. The van der Waals surface area contributed by atoms with Crippen molar-refractivity contribution >= 4 is 49.9 Å². The fourth-order valence-electron chi connectivity index (χ4n) is 7.70. The van der Waals surface area contributed by atoms with Crippen LogP contribution in [0.15, 0.2) is 136 Å².